The number of methoxy groups -OCH3 is 2. The Labute approximate surface area is 196 Å². The van der Waals surface area contributed by atoms with Gasteiger partial charge in [-0.2, -0.15) is 13.5 Å². The Hall–Kier alpha value is -2.78. The molecule has 182 valence electrons. The van der Waals surface area contributed by atoms with Crippen LogP contribution in [0.4, 0.5) is 4.79 Å². The van der Waals surface area contributed by atoms with Gasteiger partial charge < -0.3 is 14.2 Å². The highest BCUT2D eigenvalue weighted by atomic mass is 32.2. The van der Waals surface area contributed by atoms with E-state index in [-0.39, 0.29) is 11.4 Å². The summed E-state index contributed by atoms with van der Waals surface area (Å²) in [5.74, 6) is 1.28. The predicted molar refractivity (Wildman–Crippen MR) is 125 cm³/mol. The minimum absolute atomic E-state index is 0.0352. The zero-order chi connectivity index (χ0) is 24.6. The molecule has 2 aromatic carbocycles. The third-order valence-electron chi connectivity index (χ3n) is 4.62. The van der Waals surface area contributed by atoms with Crippen LogP contribution in [0.1, 0.15) is 44.7 Å². The first-order valence-electron chi connectivity index (χ1n) is 10.7. The molecule has 8 nitrogen and oxygen atoms in total. The summed E-state index contributed by atoms with van der Waals surface area (Å²) in [5, 5.41) is 0.773. The van der Waals surface area contributed by atoms with E-state index < -0.39 is 21.8 Å². The number of hydrogen-bond acceptors (Lipinski definition) is 7. The van der Waals surface area contributed by atoms with Crippen LogP contribution in [0, 0.1) is 6.92 Å². The fourth-order valence-electron chi connectivity index (χ4n) is 2.96. The van der Waals surface area contributed by atoms with Gasteiger partial charge in [-0.25, -0.2) is 4.79 Å². The number of unbranched alkanes of at least 4 members (excludes halogenated alkanes) is 1. The molecular formula is C24H33NO7S. The maximum Gasteiger partial charge on any atom is 0.435 e. The van der Waals surface area contributed by atoms with Gasteiger partial charge in [-0.3, -0.25) is 0 Å². The monoisotopic (exact) mass is 479 g/mol. The summed E-state index contributed by atoms with van der Waals surface area (Å²) in [5.41, 5.74) is 1.14. The van der Waals surface area contributed by atoms with Crippen molar-refractivity contribution in [1.29, 1.82) is 0 Å². The summed E-state index contributed by atoms with van der Waals surface area (Å²) in [6, 6.07) is 11.9. The van der Waals surface area contributed by atoms with Gasteiger partial charge in [-0.05, 0) is 76.8 Å². The summed E-state index contributed by atoms with van der Waals surface area (Å²) in [6.45, 7) is 7.01. The number of amides is 1. The third-order valence-corrected chi connectivity index (χ3v) is 5.85. The molecule has 0 unspecified atom stereocenters. The van der Waals surface area contributed by atoms with Crippen molar-refractivity contribution in [2.45, 2.75) is 57.5 Å². The van der Waals surface area contributed by atoms with Crippen molar-refractivity contribution in [2.75, 3.05) is 20.8 Å². The Morgan fingerprint density at radius 2 is 1.58 bits per heavy atom. The van der Waals surface area contributed by atoms with Crippen LogP contribution in [0.25, 0.3) is 0 Å². The number of carbonyl (C=O) groups is 1. The lowest BCUT2D eigenvalue weighted by atomic mass is 10.1. The van der Waals surface area contributed by atoms with Crippen molar-refractivity contribution >= 4 is 16.2 Å². The number of aryl methyl sites for hydroxylation is 2. The number of ether oxygens (including phenoxy) is 3. The fourth-order valence-corrected chi connectivity index (χ4v) is 3.89. The van der Waals surface area contributed by atoms with Crippen LogP contribution in [-0.4, -0.2) is 45.9 Å². The summed E-state index contributed by atoms with van der Waals surface area (Å²) in [6.07, 6.45) is 1.02. The molecule has 0 fully saturated rings. The summed E-state index contributed by atoms with van der Waals surface area (Å²) < 4.78 is 46.5. The van der Waals surface area contributed by atoms with Crippen molar-refractivity contribution in [3.63, 3.8) is 0 Å². The highest BCUT2D eigenvalue weighted by Crippen LogP contribution is 2.28. The van der Waals surface area contributed by atoms with E-state index in [9.17, 15) is 13.2 Å². The largest absolute Gasteiger partial charge is 0.493 e. The molecule has 2 aromatic rings. The van der Waals surface area contributed by atoms with Crippen LogP contribution in [0.2, 0.25) is 0 Å². The smallest absolute Gasteiger partial charge is 0.435 e. The highest BCUT2D eigenvalue weighted by Gasteiger charge is 2.28. The van der Waals surface area contributed by atoms with Gasteiger partial charge in [0, 0.05) is 0 Å². The zero-order valence-electron chi connectivity index (χ0n) is 20.1. The van der Waals surface area contributed by atoms with Crippen LogP contribution >= 0.6 is 0 Å². The highest BCUT2D eigenvalue weighted by molar-refractivity contribution is 7.86. The molecule has 9 heteroatoms. The Kier molecular flexibility index (Phi) is 9.13. The molecule has 0 heterocycles. The minimum Gasteiger partial charge on any atom is -0.493 e. The minimum atomic E-state index is -4.19. The number of hydroxylamine groups is 2. The second-order valence-corrected chi connectivity index (χ2v) is 10.1. The van der Waals surface area contributed by atoms with E-state index in [4.69, 9.17) is 18.5 Å². The average Bonchev–Trinajstić information content (AvgIpc) is 2.74. The lowest BCUT2D eigenvalue weighted by molar-refractivity contribution is -0.0690. The lowest BCUT2D eigenvalue weighted by Crippen LogP contribution is -2.39. The van der Waals surface area contributed by atoms with E-state index in [2.05, 4.69) is 0 Å². The summed E-state index contributed by atoms with van der Waals surface area (Å²) >= 11 is 0. The van der Waals surface area contributed by atoms with Crippen LogP contribution in [0.5, 0.6) is 11.5 Å². The molecule has 0 saturated carbocycles. The quantitative estimate of drug-likeness (QED) is 0.354. The van der Waals surface area contributed by atoms with E-state index in [1.807, 2.05) is 25.1 Å². The topological polar surface area (TPSA) is 91.4 Å². The van der Waals surface area contributed by atoms with Crippen LogP contribution in [-0.2, 0) is 25.6 Å². The maximum atomic E-state index is 12.7. The lowest BCUT2D eigenvalue weighted by Gasteiger charge is -2.26. The van der Waals surface area contributed by atoms with Gasteiger partial charge in [-0.15, -0.1) is 4.28 Å². The predicted octanol–water partition coefficient (Wildman–Crippen LogP) is 4.89. The molecule has 0 radical (unpaired) electrons. The van der Waals surface area contributed by atoms with Crippen molar-refractivity contribution in [2.24, 2.45) is 0 Å². The van der Waals surface area contributed by atoms with Gasteiger partial charge in [0.15, 0.2) is 11.5 Å². The molecule has 0 aromatic heterocycles. The van der Waals surface area contributed by atoms with Crippen LogP contribution in [0.3, 0.4) is 0 Å². The van der Waals surface area contributed by atoms with Crippen molar-refractivity contribution < 1.29 is 31.7 Å². The molecule has 2 rings (SSSR count). The molecule has 0 atom stereocenters. The standard InChI is InChI=1S/C24H33NO7S/c1-18-10-13-20(14-11-18)33(27,28)32-25(23(26)31-24(2,3)4)16-8-7-9-19-12-15-21(29-5)22(17-19)30-6/h10-15,17H,7-9,16H2,1-6H3. The Morgan fingerprint density at radius 1 is 0.939 bits per heavy atom. The van der Waals surface area contributed by atoms with E-state index >= 15 is 0 Å². The second kappa shape index (κ2) is 11.4. The molecule has 0 spiro atoms. The third kappa shape index (κ3) is 8.25. The summed E-state index contributed by atoms with van der Waals surface area (Å²) in [4.78, 5) is 12.6. The van der Waals surface area contributed by atoms with E-state index in [1.165, 1.54) is 12.1 Å². The van der Waals surface area contributed by atoms with Crippen LogP contribution < -0.4 is 9.47 Å². The number of nitrogens with zero attached hydrogens (tertiary/aromatic N) is 1. The van der Waals surface area contributed by atoms with Crippen molar-refractivity contribution in [1.82, 2.24) is 5.06 Å². The van der Waals surface area contributed by atoms with Crippen LogP contribution in [0.15, 0.2) is 47.4 Å². The van der Waals surface area contributed by atoms with Crippen molar-refractivity contribution in [3.8, 4) is 11.5 Å². The molecule has 0 N–H and O–H groups in total. The normalized spacial score (nSPS) is 11.7. The molecule has 0 aliphatic heterocycles. The Bertz CT molecular complexity index is 1030. The number of hydrogen-bond donors (Lipinski definition) is 0. The van der Waals surface area contributed by atoms with Gasteiger partial charge in [-0.1, -0.05) is 23.8 Å². The molecule has 1 amide bonds. The first-order valence-corrected chi connectivity index (χ1v) is 12.1. The molecule has 0 aliphatic carbocycles. The van der Waals surface area contributed by atoms with Crippen molar-refractivity contribution in [3.05, 3.63) is 53.6 Å². The fraction of sp³-hybridized carbons (Fsp3) is 0.458. The summed E-state index contributed by atoms with van der Waals surface area (Å²) in [7, 11) is -1.04. The molecule has 33 heavy (non-hydrogen) atoms. The van der Waals surface area contributed by atoms with Gasteiger partial charge in [0.2, 0.25) is 0 Å². The first kappa shape index (κ1) is 26.5. The first-order chi connectivity index (χ1) is 15.4. The second-order valence-electron chi connectivity index (χ2n) is 8.57. The van der Waals surface area contributed by atoms with E-state index in [0.29, 0.717) is 30.8 Å². The molecule has 0 aliphatic rings. The van der Waals surface area contributed by atoms with Gasteiger partial charge in [0.1, 0.15) is 5.60 Å². The SMILES string of the molecule is COc1ccc(CCCCN(OS(=O)(=O)c2ccc(C)cc2)C(=O)OC(C)(C)C)cc1OC. The van der Waals surface area contributed by atoms with E-state index in [1.54, 1.807) is 47.1 Å². The molecule has 0 saturated heterocycles. The van der Waals surface area contributed by atoms with Gasteiger partial charge in [0.05, 0.1) is 25.7 Å². The number of rotatable bonds is 10. The molecular weight excluding hydrogens is 446 g/mol. The molecule has 0 bridgehead atoms. The van der Waals surface area contributed by atoms with Gasteiger partial charge in [0.25, 0.3) is 0 Å². The maximum absolute atomic E-state index is 12.7. The zero-order valence-corrected chi connectivity index (χ0v) is 20.9. The van der Waals surface area contributed by atoms with E-state index in [0.717, 1.165) is 16.2 Å². The Morgan fingerprint density at radius 3 is 2.15 bits per heavy atom. The van der Waals surface area contributed by atoms with Gasteiger partial charge >= 0.3 is 16.2 Å². The number of carbonyl (C=O) groups excluding carboxylic acids is 1. The Balaban J connectivity index is 2.06. The average molecular weight is 480 g/mol. The number of benzene rings is 2.